The molecule has 106 valence electrons. The van der Waals surface area contributed by atoms with Crippen LogP contribution in [0.15, 0.2) is 22.7 Å². The van der Waals surface area contributed by atoms with Crippen molar-refractivity contribution in [3.8, 4) is 5.75 Å². The fourth-order valence-electron chi connectivity index (χ4n) is 1.65. The highest BCUT2D eigenvalue weighted by Gasteiger charge is 2.16. The summed E-state index contributed by atoms with van der Waals surface area (Å²) in [6.07, 6.45) is -0.892. The molecule has 0 unspecified atom stereocenters. The molecule has 0 bridgehead atoms. The molecular weight excluding hydrogens is 266 g/mol. The average molecular weight is 279 g/mol. The van der Waals surface area contributed by atoms with Gasteiger partial charge in [-0.1, -0.05) is 5.16 Å². The number of aryl methyl sites for hydroxylation is 1. The number of ether oxygens (including phenoxy) is 1. The summed E-state index contributed by atoms with van der Waals surface area (Å²) in [4.78, 5) is 14.2. The Bertz CT molecular complexity index is 623. The van der Waals surface area contributed by atoms with Gasteiger partial charge in [0.05, 0.1) is 11.0 Å². The molecule has 0 saturated carbocycles. The maximum absolute atomic E-state index is 10.7. The van der Waals surface area contributed by atoms with Crippen LogP contribution in [0.4, 0.5) is 5.69 Å². The molecule has 2 aromatic rings. The highest BCUT2D eigenvalue weighted by molar-refractivity contribution is 5.44. The Morgan fingerprint density at radius 1 is 1.55 bits per heavy atom. The van der Waals surface area contributed by atoms with Crippen molar-refractivity contribution in [2.24, 2.45) is 0 Å². The van der Waals surface area contributed by atoms with Gasteiger partial charge in [0.1, 0.15) is 5.75 Å². The van der Waals surface area contributed by atoms with Gasteiger partial charge in [0.2, 0.25) is 11.7 Å². The molecule has 0 aliphatic heterocycles. The normalized spacial score (nSPS) is 12.2. The molecule has 0 aliphatic carbocycles. The number of benzene rings is 1. The lowest BCUT2D eigenvalue weighted by Crippen LogP contribution is -2.03. The number of aliphatic hydroxyl groups is 1. The number of aromatic nitrogens is 2. The highest BCUT2D eigenvalue weighted by Crippen LogP contribution is 2.29. The fourth-order valence-corrected chi connectivity index (χ4v) is 1.65. The minimum atomic E-state index is -0.892. The largest absolute Gasteiger partial charge is 0.485 e. The minimum Gasteiger partial charge on any atom is -0.485 e. The molecule has 8 nitrogen and oxygen atoms in total. The Labute approximate surface area is 114 Å². The summed E-state index contributed by atoms with van der Waals surface area (Å²) in [5, 5.41) is 24.0. The maximum Gasteiger partial charge on any atom is 0.270 e. The summed E-state index contributed by atoms with van der Waals surface area (Å²) >= 11 is 0. The van der Waals surface area contributed by atoms with Crippen LogP contribution in [-0.4, -0.2) is 20.2 Å². The molecule has 0 amide bonds. The summed E-state index contributed by atoms with van der Waals surface area (Å²) in [5.74, 6) is 1.12. The second-order valence-electron chi connectivity index (χ2n) is 4.17. The first-order valence-corrected chi connectivity index (χ1v) is 5.85. The number of nitrogens with zero attached hydrogens (tertiary/aromatic N) is 3. The number of nitro benzene ring substituents is 1. The zero-order valence-electron chi connectivity index (χ0n) is 10.9. The van der Waals surface area contributed by atoms with Crippen molar-refractivity contribution in [1.82, 2.24) is 10.1 Å². The van der Waals surface area contributed by atoms with Crippen LogP contribution in [0.1, 0.15) is 30.3 Å². The third-order valence-electron chi connectivity index (χ3n) is 2.58. The van der Waals surface area contributed by atoms with Gasteiger partial charge in [-0.25, -0.2) is 0 Å². The summed E-state index contributed by atoms with van der Waals surface area (Å²) in [7, 11) is 0. The van der Waals surface area contributed by atoms with E-state index in [4.69, 9.17) is 9.26 Å². The average Bonchev–Trinajstić information content (AvgIpc) is 2.81. The standard InChI is InChI=1S/C12H13N3O5/c1-7(16)10-5-9(15(17)18)3-4-11(10)19-6-12-13-8(2)20-14-12/h3-5,7,16H,6H2,1-2H3/t7-/m1/s1. The lowest BCUT2D eigenvalue weighted by molar-refractivity contribution is -0.385. The van der Waals surface area contributed by atoms with E-state index in [9.17, 15) is 15.2 Å². The maximum atomic E-state index is 10.7. The summed E-state index contributed by atoms with van der Waals surface area (Å²) in [6, 6.07) is 4.03. The second kappa shape index (κ2) is 5.66. The van der Waals surface area contributed by atoms with Crippen molar-refractivity contribution in [1.29, 1.82) is 0 Å². The lowest BCUT2D eigenvalue weighted by Gasteiger charge is -2.12. The summed E-state index contributed by atoms with van der Waals surface area (Å²) in [5.41, 5.74) is 0.225. The van der Waals surface area contributed by atoms with E-state index < -0.39 is 11.0 Å². The van der Waals surface area contributed by atoms with Gasteiger partial charge in [-0.2, -0.15) is 4.98 Å². The molecule has 0 saturated heterocycles. The zero-order valence-corrected chi connectivity index (χ0v) is 10.9. The molecule has 20 heavy (non-hydrogen) atoms. The molecule has 1 heterocycles. The molecule has 0 radical (unpaired) electrons. The van der Waals surface area contributed by atoms with Gasteiger partial charge >= 0.3 is 0 Å². The van der Waals surface area contributed by atoms with E-state index in [1.54, 1.807) is 6.92 Å². The van der Waals surface area contributed by atoms with Crippen molar-refractivity contribution in [3.05, 3.63) is 45.6 Å². The third-order valence-corrected chi connectivity index (χ3v) is 2.58. The fraction of sp³-hybridized carbons (Fsp3) is 0.333. The van der Waals surface area contributed by atoms with Crippen LogP contribution in [0.25, 0.3) is 0 Å². The van der Waals surface area contributed by atoms with Crippen molar-refractivity contribution in [2.75, 3.05) is 0 Å². The third kappa shape index (κ3) is 3.09. The predicted octanol–water partition coefficient (Wildman–Crippen LogP) is 1.92. The highest BCUT2D eigenvalue weighted by atomic mass is 16.6. The monoisotopic (exact) mass is 279 g/mol. The number of hydrogen-bond acceptors (Lipinski definition) is 7. The number of non-ortho nitro benzene ring substituents is 1. The Morgan fingerprint density at radius 3 is 2.85 bits per heavy atom. The molecule has 1 atom stereocenters. The van der Waals surface area contributed by atoms with E-state index in [1.807, 2.05) is 0 Å². The molecule has 0 spiro atoms. The van der Waals surface area contributed by atoms with Crippen molar-refractivity contribution < 1.29 is 19.3 Å². The van der Waals surface area contributed by atoms with Crippen molar-refractivity contribution in [2.45, 2.75) is 26.6 Å². The van der Waals surface area contributed by atoms with Crippen LogP contribution in [0.2, 0.25) is 0 Å². The SMILES string of the molecule is Cc1nc(COc2ccc([N+](=O)[O-])cc2[C@@H](C)O)no1. The van der Waals surface area contributed by atoms with Gasteiger partial charge in [0, 0.05) is 24.6 Å². The topological polar surface area (TPSA) is 112 Å². The molecule has 0 fully saturated rings. The Morgan fingerprint density at radius 2 is 2.30 bits per heavy atom. The van der Waals surface area contributed by atoms with Gasteiger partial charge < -0.3 is 14.4 Å². The molecule has 1 aromatic carbocycles. The van der Waals surface area contributed by atoms with E-state index in [0.717, 1.165) is 0 Å². The minimum absolute atomic E-state index is 0.0505. The van der Waals surface area contributed by atoms with Crippen molar-refractivity contribution in [3.63, 3.8) is 0 Å². The van der Waals surface area contributed by atoms with Crippen LogP contribution in [-0.2, 0) is 6.61 Å². The first kappa shape index (κ1) is 13.9. The molecule has 0 aliphatic rings. The lowest BCUT2D eigenvalue weighted by atomic mass is 10.1. The van der Waals surface area contributed by atoms with E-state index in [2.05, 4.69) is 10.1 Å². The number of hydrogen-bond donors (Lipinski definition) is 1. The van der Waals surface area contributed by atoms with E-state index in [1.165, 1.54) is 25.1 Å². The van der Waals surface area contributed by atoms with Gasteiger partial charge in [0.15, 0.2) is 6.61 Å². The smallest absolute Gasteiger partial charge is 0.270 e. The van der Waals surface area contributed by atoms with E-state index >= 15 is 0 Å². The first-order chi connectivity index (χ1) is 9.47. The Kier molecular flexibility index (Phi) is 3.94. The van der Waals surface area contributed by atoms with Crippen LogP contribution in [0.3, 0.4) is 0 Å². The predicted molar refractivity (Wildman–Crippen MR) is 67.1 cm³/mol. The van der Waals surface area contributed by atoms with Crippen LogP contribution in [0, 0.1) is 17.0 Å². The zero-order chi connectivity index (χ0) is 14.7. The summed E-state index contributed by atoms with van der Waals surface area (Å²) < 4.78 is 10.3. The molecule has 8 heteroatoms. The van der Waals surface area contributed by atoms with Crippen LogP contribution < -0.4 is 4.74 Å². The van der Waals surface area contributed by atoms with E-state index in [0.29, 0.717) is 23.0 Å². The van der Waals surface area contributed by atoms with Gasteiger partial charge in [-0.3, -0.25) is 10.1 Å². The molecular formula is C12H13N3O5. The Balaban J connectivity index is 2.20. The first-order valence-electron chi connectivity index (χ1n) is 5.85. The number of aliphatic hydroxyl groups excluding tert-OH is 1. The Hall–Kier alpha value is -2.48. The van der Waals surface area contributed by atoms with Crippen LogP contribution in [0.5, 0.6) is 5.75 Å². The number of rotatable bonds is 5. The molecule has 1 N–H and O–H groups in total. The van der Waals surface area contributed by atoms with E-state index in [-0.39, 0.29) is 12.3 Å². The van der Waals surface area contributed by atoms with Gasteiger partial charge in [0.25, 0.3) is 5.69 Å². The molecule has 1 aromatic heterocycles. The van der Waals surface area contributed by atoms with Gasteiger partial charge in [-0.15, -0.1) is 0 Å². The molecule has 2 rings (SSSR count). The second-order valence-corrected chi connectivity index (χ2v) is 4.17. The van der Waals surface area contributed by atoms with Crippen molar-refractivity contribution >= 4 is 5.69 Å². The number of nitro groups is 1. The summed E-state index contributed by atoms with van der Waals surface area (Å²) in [6.45, 7) is 3.21. The quantitative estimate of drug-likeness (QED) is 0.657. The van der Waals surface area contributed by atoms with Crippen LogP contribution >= 0.6 is 0 Å². The van der Waals surface area contributed by atoms with Gasteiger partial charge in [-0.05, 0) is 13.0 Å².